The summed E-state index contributed by atoms with van der Waals surface area (Å²) < 4.78 is 16.5. The summed E-state index contributed by atoms with van der Waals surface area (Å²) in [5.41, 5.74) is 0. The lowest BCUT2D eigenvalue weighted by atomic mass is 10.3. The second-order valence-corrected chi connectivity index (χ2v) is 5.77. The molecule has 0 saturated carbocycles. The van der Waals surface area contributed by atoms with Crippen molar-refractivity contribution in [2.24, 2.45) is 0 Å². The van der Waals surface area contributed by atoms with Gasteiger partial charge in [0.1, 0.15) is 5.76 Å². The zero-order valence-corrected chi connectivity index (χ0v) is 9.33. The van der Waals surface area contributed by atoms with Gasteiger partial charge in [-0.2, -0.15) is 0 Å². The summed E-state index contributed by atoms with van der Waals surface area (Å²) in [5, 5.41) is 0. The lowest BCUT2D eigenvalue weighted by molar-refractivity contribution is 0.294. The fraction of sp³-hybridized carbons (Fsp3) is 0.778. The molecule has 0 aliphatic rings. The van der Waals surface area contributed by atoms with E-state index in [1.807, 2.05) is 33.8 Å². The maximum Gasteiger partial charge on any atom is 0.104 e. The molecule has 72 valence electrons. The van der Waals surface area contributed by atoms with Gasteiger partial charge in [-0.15, -0.1) is 0 Å². The van der Waals surface area contributed by atoms with Crippen LogP contribution in [0.25, 0.3) is 0 Å². The van der Waals surface area contributed by atoms with Crippen LogP contribution >= 0.6 is 0 Å². The van der Waals surface area contributed by atoms with E-state index in [4.69, 9.17) is 4.74 Å². The highest BCUT2D eigenvalue weighted by atomic mass is 32.2. The molecule has 0 radical (unpaired) electrons. The van der Waals surface area contributed by atoms with Crippen LogP contribution in [0.1, 0.15) is 27.7 Å². The zero-order chi connectivity index (χ0) is 9.78. The molecular weight excluding hydrogens is 172 g/mol. The Morgan fingerprint density at radius 3 is 2.25 bits per heavy atom. The Labute approximate surface area is 77.5 Å². The van der Waals surface area contributed by atoms with Gasteiger partial charge in [0.15, 0.2) is 0 Å². The first kappa shape index (κ1) is 11.7. The van der Waals surface area contributed by atoms with Crippen molar-refractivity contribution in [3.05, 3.63) is 11.8 Å². The molecule has 0 aromatic heterocycles. The molecule has 0 aliphatic heterocycles. The van der Waals surface area contributed by atoms with Crippen molar-refractivity contribution in [3.8, 4) is 0 Å². The van der Waals surface area contributed by atoms with E-state index < -0.39 is 10.8 Å². The molecule has 0 spiro atoms. The Balaban J connectivity index is 4.19. The Kier molecular flexibility index (Phi) is 4.53. The van der Waals surface area contributed by atoms with Crippen LogP contribution in [0, 0.1) is 0 Å². The summed E-state index contributed by atoms with van der Waals surface area (Å²) in [7, 11) is 0.746. The van der Waals surface area contributed by atoms with Crippen molar-refractivity contribution in [1.82, 2.24) is 0 Å². The van der Waals surface area contributed by atoms with Crippen molar-refractivity contribution < 1.29 is 8.95 Å². The Hall–Kier alpha value is -0.310. The minimum absolute atomic E-state index is 0.160. The topological polar surface area (TPSA) is 26.3 Å². The average molecular weight is 190 g/mol. The molecule has 3 heteroatoms. The number of ether oxygens (including phenoxy) is 1. The molecule has 0 rings (SSSR count). The molecule has 0 aromatic carbocycles. The first-order valence-corrected chi connectivity index (χ1v) is 5.31. The minimum atomic E-state index is -0.860. The van der Waals surface area contributed by atoms with Crippen molar-refractivity contribution in [3.63, 3.8) is 0 Å². The lowest BCUT2D eigenvalue weighted by Crippen LogP contribution is -2.25. The SMILES string of the molecule is C/C=C(\CS(=O)C(C)(C)C)OC. The quantitative estimate of drug-likeness (QED) is 0.637. The molecule has 0 N–H and O–H groups in total. The molecule has 0 aromatic rings. The molecule has 0 saturated heterocycles. The van der Waals surface area contributed by atoms with E-state index in [-0.39, 0.29) is 4.75 Å². The summed E-state index contributed by atoms with van der Waals surface area (Å²) in [6.45, 7) is 7.78. The summed E-state index contributed by atoms with van der Waals surface area (Å²) in [6.07, 6.45) is 1.85. The number of hydrogen-bond acceptors (Lipinski definition) is 2. The third-order valence-electron chi connectivity index (χ3n) is 1.54. The molecular formula is C9H18O2S. The lowest BCUT2D eigenvalue weighted by Gasteiger charge is -2.18. The fourth-order valence-corrected chi connectivity index (χ4v) is 1.58. The highest BCUT2D eigenvalue weighted by Gasteiger charge is 2.20. The Morgan fingerprint density at radius 2 is 2.00 bits per heavy atom. The second kappa shape index (κ2) is 4.65. The predicted molar refractivity (Wildman–Crippen MR) is 53.5 cm³/mol. The highest BCUT2D eigenvalue weighted by molar-refractivity contribution is 7.86. The molecule has 12 heavy (non-hydrogen) atoms. The largest absolute Gasteiger partial charge is 0.500 e. The van der Waals surface area contributed by atoms with Crippen LogP contribution in [0.5, 0.6) is 0 Å². The Morgan fingerprint density at radius 1 is 1.50 bits per heavy atom. The number of allylic oxidation sites excluding steroid dienone is 1. The van der Waals surface area contributed by atoms with Gasteiger partial charge < -0.3 is 4.74 Å². The average Bonchev–Trinajstić information content (AvgIpc) is 1.97. The van der Waals surface area contributed by atoms with Gasteiger partial charge in [0, 0.05) is 15.5 Å². The first-order chi connectivity index (χ1) is 5.41. The van der Waals surface area contributed by atoms with E-state index >= 15 is 0 Å². The second-order valence-electron chi connectivity index (χ2n) is 3.56. The zero-order valence-electron chi connectivity index (χ0n) is 8.51. The van der Waals surface area contributed by atoms with Gasteiger partial charge in [0.25, 0.3) is 0 Å². The van der Waals surface area contributed by atoms with Crippen molar-refractivity contribution in [2.75, 3.05) is 12.9 Å². The van der Waals surface area contributed by atoms with E-state index in [1.165, 1.54) is 0 Å². The van der Waals surface area contributed by atoms with Gasteiger partial charge >= 0.3 is 0 Å². The predicted octanol–water partition coefficient (Wildman–Crippen LogP) is 2.08. The van der Waals surface area contributed by atoms with Crippen LogP contribution in [-0.4, -0.2) is 21.8 Å². The van der Waals surface area contributed by atoms with Crippen LogP contribution in [0.3, 0.4) is 0 Å². The van der Waals surface area contributed by atoms with Gasteiger partial charge in [-0.1, -0.05) is 0 Å². The van der Waals surface area contributed by atoms with Crippen molar-refractivity contribution >= 4 is 10.8 Å². The fourth-order valence-electron chi connectivity index (χ4n) is 0.606. The molecule has 0 aliphatic carbocycles. The van der Waals surface area contributed by atoms with E-state index in [0.29, 0.717) is 5.75 Å². The third kappa shape index (κ3) is 3.90. The number of hydrogen-bond donors (Lipinski definition) is 0. The third-order valence-corrected chi connectivity index (χ3v) is 3.45. The van der Waals surface area contributed by atoms with E-state index in [9.17, 15) is 4.21 Å². The van der Waals surface area contributed by atoms with Gasteiger partial charge in [-0.3, -0.25) is 4.21 Å². The number of rotatable bonds is 3. The summed E-state index contributed by atoms with van der Waals surface area (Å²) in [5.74, 6) is 1.31. The molecule has 0 bridgehead atoms. The number of methoxy groups -OCH3 is 1. The van der Waals surface area contributed by atoms with Crippen LogP contribution in [0.4, 0.5) is 0 Å². The maximum absolute atomic E-state index is 11.6. The molecule has 0 heterocycles. The Bertz CT molecular complexity index is 189. The standard InChI is InChI=1S/C9H18O2S/c1-6-8(11-5)7-12(10)9(2,3)4/h6H,7H2,1-5H3/b8-6+. The molecule has 0 amide bonds. The van der Waals surface area contributed by atoms with E-state index in [1.54, 1.807) is 7.11 Å². The van der Waals surface area contributed by atoms with Gasteiger partial charge in [-0.25, -0.2) is 0 Å². The van der Waals surface area contributed by atoms with Crippen molar-refractivity contribution in [2.45, 2.75) is 32.4 Å². The smallest absolute Gasteiger partial charge is 0.104 e. The highest BCUT2D eigenvalue weighted by Crippen LogP contribution is 2.14. The van der Waals surface area contributed by atoms with Crippen molar-refractivity contribution in [1.29, 1.82) is 0 Å². The van der Waals surface area contributed by atoms with E-state index in [0.717, 1.165) is 5.76 Å². The van der Waals surface area contributed by atoms with Gasteiger partial charge in [0.05, 0.1) is 12.9 Å². The molecule has 0 fully saturated rings. The van der Waals surface area contributed by atoms with E-state index in [2.05, 4.69) is 0 Å². The van der Waals surface area contributed by atoms with Crippen LogP contribution in [0.15, 0.2) is 11.8 Å². The van der Waals surface area contributed by atoms with Gasteiger partial charge in [-0.05, 0) is 33.8 Å². The van der Waals surface area contributed by atoms with Crippen LogP contribution in [-0.2, 0) is 15.5 Å². The summed E-state index contributed by atoms with van der Waals surface area (Å²) in [4.78, 5) is 0. The first-order valence-electron chi connectivity index (χ1n) is 3.99. The molecule has 2 nitrogen and oxygen atoms in total. The summed E-state index contributed by atoms with van der Waals surface area (Å²) >= 11 is 0. The molecule has 1 atom stereocenters. The molecule has 1 unspecified atom stereocenters. The normalized spacial score (nSPS) is 15.9. The summed E-state index contributed by atoms with van der Waals surface area (Å²) in [6, 6.07) is 0. The maximum atomic E-state index is 11.6. The van der Waals surface area contributed by atoms with Crippen LogP contribution in [0.2, 0.25) is 0 Å². The minimum Gasteiger partial charge on any atom is -0.500 e. The van der Waals surface area contributed by atoms with Gasteiger partial charge in [0.2, 0.25) is 0 Å². The van der Waals surface area contributed by atoms with Crippen LogP contribution < -0.4 is 0 Å². The monoisotopic (exact) mass is 190 g/mol.